The van der Waals surface area contributed by atoms with Crippen molar-refractivity contribution in [2.45, 2.75) is 31.6 Å². The quantitative estimate of drug-likeness (QED) is 0.758. The topological polar surface area (TPSA) is 83.6 Å². The van der Waals surface area contributed by atoms with Crippen molar-refractivity contribution >= 4 is 23.3 Å². The van der Waals surface area contributed by atoms with Gasteiger partial charge in [-0.1, -0.05) is 42.8 Å². The molecule has 2 aromatic rings. The molecular weight excluding hydrogens is 316 g/mol. The van der Waals surface area contributed by atoms with Crippen molar-refractivity contribution < 1.29 is 14.7 Å². The van der Waals surface area contributed by atoms with Crippen LogP contribution in [0, 0.1) is 0 Å². The highest BCUT2D eigenvalue weighted by atomic mass is 16.4. The van der Waals surface area contributed by atoms with Gasteiger partial charge in [0, 0.05) is 24.3 Å². The van der Waals surface area contributed by atoms with Crippen LogP contribution in [0.1, 0.15) is 42.7 Å². The molecule has 0 bridgehead atoms. The van der Waals surface area contributed by atoms with Gasteiger partial charge in [0.1, 0.15) is 0 Å². The summed E-state index contributed by atoms with van der Waals surface area (Å²) in [6.45, 7) is 0.777. The largest absolute Gasteiger partial charge is 0.481 e. The lowest BCUT2D eigenvalue weighted by Crippen LogP contribution is -2.32. The smallest absolute Gasteiger partial charge is 0.303 e. The highest BCUT2D eigenvalue weighted by Crippen LogP contribution is 2.45. The van der Waals surface area contributed by atoms with E-state index in [9.17, 15) is 9.59 Å². The minimum atomic E-state index is -0.752. The molecule has 3 N–H and O–H groups in total. The first-order chi connectivity index (χ1) is 12.1. The number of carbonyl (C=O) groups excluding carboxylic acids is 1. The van der Waals surface area contributed by atoms with Gasteiger partial charge in [-0.25, -0.2) is 0 Å². The summed E-state index contributed by atoms with van der Waals surface area (Å²) in [6, 6.07) is 15.7. The summed E-state index contributed by atoms with van der Waals surface area (Å²) in [7, 11) is 0. The van der Waals surface area contributed by atoms with Crippen LogP contribution in [0.5, 0.6) is 0 Å². The van der Waals surface area contributed by atoms with Crippen LogP contribution in [-0.2, 0) is 9.59 Å². The van der Waals surface area contributed by atoms with Gasteiger partial charge in [-0.15, -0.1) is 0 Å². The number of hydrogen-bond donors (Lipinski definition) is 2. The van der Waals surface area contributed by atoms with Crippen LogP contribution in [0.3, 0.4) is 0 Å². The third-order valence-electron chi connectivity index (χ3n) is 4.63. The van der Waals surface area contributed by atoms with Gasteiger partial charge in [0.05, 0.1) is 5.92 Å². The molecule has 0 radical (unpaired) electrons. The fourth-order valence-corrected chi connectivity index (χ4v) is 3.52. The van der Waals surface area contributed by atoms with Gasteiger partial charge in [-0.3, -0.25) is 9.59 Å². The minimum Gasteiger partial charge on any atom is -0.481 e. The molecule has 1 amide bonds. The number of benzene rings is 2. The predicted octanol–water partition coefficient (Wildman–Crippen LogP) is 3.40. The lowest BCUT2D eigenvalue weighted by Gasteiger charge is -2.36. The summed E-state index contributed by atoms with van der Waals surface area (Å²) in [6.07, 6.45) is 2.62. The molecule has 1 aliphatic heterocycles. The Morgan fingerprint density at radius 2 is 1.48 bits per heavy atom. The van der Waals surface area contributed by atoms with E-state index < -0.39 is 11.9 Å². The first-order valence-corrected chi connectivity index (χ1v) is 8.56. The Kier molecular flexibility index (Phi) is 5.03. The monoisotopic (exact) mass is 338 g/mol. The minimum absolute atomic E-state index is 0.205. The summed E-state index contributed by atoms with van der Waals surface area (Å²) in [5.41, 5.74) is 9.56. The number of nitrogens with zero attached hydrogens (tertiary/aromatic N) is 1. The maximum Gasteiger partial charge on any atom is 0.303 e. The molecule has 2 aromatic carbocycles. The van der Waals surface area contributed by atoms with Crippen LogP contribution < -0.4 is 10.6 Å². The van der Waals surface area contributed by atoms with E-state index in [1.54, 1.807) is 0 Å². The molecule has 0 aromatic heterocycles. The Bertz CT molecular complexity index is 741. The predicted molar refractivity (Wildman–Crippen MR) is 97.0 cm³/mol. The van der Waals surface area contributed by atoms with E-state index in [4.69, 9.17) is 10.8 Å². The molecule has 0 aliphatic carbocycles. The number of aliphatic carboxylic acids is 1. The van der Waals surface area contributed by atoms with Gasteiger partial charge in [0.15, 0.2) is 0 Å². The molecule has 0 spiro atoms. The van der Waals surface area contributed by atoms with E-state index in [1.807, 2.05) is 48.5 Å². The van der Waals surface area contributed by atoms with Crippen molar-refractivity contribution in [1.82, 2.24) is 0 Å². The summed E-state index contributed by atoms with van der Waals surface area (Å²) < 4.78 is 0. The van der Waals surface area contributed by atoms with E-state index >= 15 is 0 Å². The zero-order valence-electron chi connectivity index (χ0n) is 14.0. The van der Waals surface area contributed by atoms with Crippen LogP contribution in [0.2, 0.25) is 0 Å². The number of amides is 1. The lowest BCUT2D eigenvalue weighted by atomic mass is 9.84. The zero-order chi connectivity index (χ0) is 17.8. The van der Waals surface area contributed by atoms with E-state index in [0.29, 0.717) is 6.42 Å². The second-order valence-corrected chi connectivity index (χ2v) is 6.31. The van der Waals surface area contributed by atoms with Crippen molar-refractivity contribution in [2.75, 3.05) is 11.4 Å². The highest BCUT2D eigenvalue weighted by molar-refractivity contribution is 5.93. The molecule has 5 nitrogen and oxygen atoms in total. The van der Waals surface area contributed by atoms with Crippen LogP contribution in [0.4, 0.5) is 11.4 Å². The van der Waals surface area contributed by atoms with E-state index in [-0.39, 0.29) is 12.3 Å². The number of carbonyl (C=O) groups is 2. The summed E-state index contributed by atoms with van der Waals surface area (Å²) in [5.74, 6) is -1.53. The molecule has 0 atom stereocenters. The molecule has 25 heavy (non-hydrogen) atoms. The van der Waals surface area contributed by atoms with Gasteiger partial charge >= 0.3 is 5.97 Å². The molecule has 0 fully saturated rings. The van der Waals surface area contributed by atoms with Crippen molar-refractivity contribution in [3.63, 3.8) is 0 Å². The summed E-state index contributed by atoms with van der Waals surface area (Å²) in [5, 5.41) is 8.75. The Morgan fingerprint density at radius 3 is 2.00 bits per heavy atom. The molecule has 1 heterocycles. The van der Waals surface area contributed by atoms with Crippen LogP contribution in [0.25, 0.3) is 0 Å². The Labute approximate surface area is 147 Å². The summed E-state index contributed by atoms with van der Waals surface area (Å²) >= 11 is 0. The first-order valence-electron chi connectivity index (χ1n) is 8.56. The molecular formula is C20H22N2O3. The van der Waals surface area contributed by atoms with E-state index in [0.717, 1.165) is 41.9 Å². The van der Waals surface area contributed by atoms with Crippen LogP contribution in [-0.4, -0.2) is 23.5 Å². The Balaban J connectivity index is 1.88. The number of para-hydroxylation sites is 2. The molecule has 0 saturated carbocycles. The average molecular weight is 338 g/mol. The number of hydrogen-bond acceptors (Lipinski definition) is 3. The van der Waals surface area contributed by atoms with Gasteiger partial charge in [-0.2, -0.15) is 0 Å². The van der Waals surface area contributed by atoms with Gasteiger partial charge < -0.3 is 15.7 Å². The SMILES string of the molecule is NC(=O)C1c2ccccc2N(CCCCCC(=O)O)c2ccccc21. The number of carboxylic acid groups (broad SMARTS) is 1. The summed E-state index contributed by atoms with van der Waals surface area (Å²) in [4.78, 5) is 24.9. The van der Waals surface area contributed by atoms with Gasteiger partial charge in [-0.05, 0) is 36.1 Å². The molecule has 130 valence electrons. The first kappa shape index (κ1) is 17.0. The molecule has 1 aliphatic rings. The maximum atomic E-state index is 12.1. The number of nitrogens with two attached hydrogens (primary N) is 1. The number of unbranched alkanes of at least 4 members (excludes halogenated alkanes) is 2. The Morgan fingerprint density at radius 1 is 0.920 bits per heavy atom. The number of anilines is 2. The number of fused-ring (bicyclic) bond motifs is 2. The fraction of sp³-hybridized carbons (Fsp3) is 0.300. The van der Waals surface area contributed by atoms with E-state index in [2.05, 4.69) is 4.90 Å². The van der Waals surface area contributed by atoms with Crippen molar-refractivity contribution in [3.05, 3.63) is 59.7 Å². The van der Waals surface area contributed by atoms with Crippen molar-refractivity contribution in [3.8, 4) is 0 Å². The third-order valence-corrected chi connectivity index (χ3v) is 4.63. The molecule has 3 rings (SSSR count). The average Bonchev–Trinajstić information content (AvgIpc) is 2.60. The zero-order valence-corrected chi connectivity index (χ0v) is 14.0. The van der Waals surface area contributed by atoms with Crippen molar-refractivity contribution in [1.29, 1.82) is 0 Å². The van der Waals surface area contributed by atoms with E-state index in [1.165, 1.54) is 0 Å². The van der Waals surface area contributed by atoms with Crippen molar-refractivity contribution in [2.24, 2.45) is 5.73 Å². The lowest BCUT2D eigenvalue weighted by molar-refractivity contribution is -0.137. The number of carboxylic acids is 1. The van der Waals surface area contributed by atoms with Gasteiger partial charge in [0.2, 0.25) is 5.91 Å². The third kappa shape index (κ3) is 3.50. The number of primary amides is 1. The highest BCUT2D eigenvalue weighted by Gasteiger charge is 2.32. The normalized spacial score (nSPS) is 13.2. The van der Waals surface area contributed by atoms with Gasteiger partial charge in [0.25, 0.3) is 0 Å². The fourth-order valence-electron chi connectivity index (χ4n) is 3.52. The van der Waals surface area contributed by atoms with Crippen LogP contribution in [0.15, 0.2) is 48.5 Å². The second kappa shape index (κ2) is 7.38. The second-order valence-electron chi connectivity index (χ2n) is 6.31. The van der Waals surface area contributed by atoms with Crippen LogP contribution >= 0.6 is 0 Å². The molecule has 0 saturated heterocycles. The molecule has 0 unspecified atom stereocenters. The Hall–Kier alpha value is -2.82. The standard InChI is InChI=1S/C20H22N2O3/c21-20(25)19-14-8-3-5-10-16(14)22(13-7-1-2-12-18(23)24)17-11-6-4-9-15(17)19/h3-6,8-11,19H,1-2,7,12-13H2,(H2,21,25)(H,23,24). The maximum absolute atomic E-state index is 12.1. The molecule has 5 heteroatoms. The number of rotatable bonds is 7.